The number of hydrogen-bond donors (Lipinski definition) is 2. The number of hydrogen-bond acceptors (Lipinski definition) is 6. The second-order valence-corrected chi connectivity index (χ2v) is 8.32. The second kappa shape index (κ2) is 7.56. The number of carboxylic acid groups (broad SMARTS) is 1. The molecule has 9 nitrogen and oxygen atoms in total. The number of carboxylic acids is 1. The molecule has 0 aliphatic carbocycles. The Bertz CT molecular complexity index is 986. The van der Waals surface area contributed by atoms with E-state index in [-0.39, 0.29) is 19.7 Å². The molecule has 0 radical (unpaired) electrons. The first-order chi connectivity index (χ1) is 12.8. The van der Waals surface area contributed by atoms with Gasteiger partial charge in [-0.3, -0.25) is 9.69 Å². The fourth-order valence-electron chi connectivity index (χ4n) is 3.33. The minimum absolute atomic E-state index is 0.0962. The van der Waals surface area contributed by atoms with Crippen LogP contribution in [0.2, 0.25) is 0 Å². The summed E-state index contributed by atoms with van der Waals surface area (Å²) in [4.78, 5) is 16.8. The summed E-state index contributed by atoms with van der Waals surface area (Å²) in [6, 6.07) is 6.17. The lowest BCUT2D eigenvalue weighted by atomic mass is 10.0. The Hall–Kier alpha value is -2.61. The van der Waals surface area contributed by atoms with Gasteiger partial charge in [-0.2, -0.15) is 9.57 Å². The molecule has 1 aromatic carbocycles. The van der Waals surface area contributed by atoms with Crippen LogP contribution in [0, 0.1) is 11.3 Å². The van der Waals surface area contributed by atoms with Gasteiger partial charge < -0.3 is 14.8 Å². The van der Waals surface area contributed by atoms with Crippen molar-refractivity contribution in [3.63, 3.8) is 0 Å². The van der Waals surface area contributed by atoms with Crippen molar-refractivity contribution in [2.45, 2.75) is 6.04 Å². The quantitative estimate of drug-likeness (QED) is 0.743. The standard InChI is InChI=1S/C17H20N4O5S/c1-27(24,25)21-7-5-20(6-8-21)16(17(22)23)14-11-19-15-3-2-12(10-13(14)15)26-9-4-18/h2-3,10-11,16,19H,5-9H2,1H3,(H,22,23)/t16-/m0/s1. The normalized spacial score (nSPS) is 17.5. The van der Waals surface area contributed by atoms with Crippen LogP contribution >= 0.6 is 0 Å². The van der Waals surface area contributed by atoms with E-state index in [1.165, 1.54) is 4.31 Å². The van der Waals surface area contributed by atoms with Gasteiger partial charge in [0.2, 0.25) is 10.0 Å². The number of sulfonamides is 1. The molecule has 1 aliphatic rings. The first-order valence-electron chi connectivity index (χ1n) is 8.34. The number of fused-ring (bicyclic) bond motifs is 1. The van der Waals surface area contributed by atoms with E-state index in [0.29, 0.717) is 29.8 Å². The van der Waals surface area contributed by atoms with Gasteiger partial charge in [-0.15, -0.1) is 0 Å². The molecule has 1 saturated heterocycles. The Morgan fingerprint density at radius 2 is 2.07 bits per heavy atom. The van der Waals surface area contributed by atoms with Gasteiger partial charge in [0.1, 0.15) is 17.9 Å². The first-order valence-corrected chi connectivity index (χ1v) is 10.2. The Balaban J connectivity index is 1.90. The third-order valence-corrected chi connectivity index (χ3v) is 5.93. The van der Waals surface area contributed by atoms with Crippen molar-refractivity contribution in [1.29, 1.82) is 5.26 Å². The number of aromatic nitrogens is 1. The molecule has 27 heavy (non-hydrogen) atoms. The zero-order valence-electron chi connectivity index (χ0n) is 14.8. The van der Waals surface area contributed by atoms with Crippen molar-refractivity contribution in [2.24, 2.45) is 0 Å². The Morgan fingerprint density at radius 1 is 1.37 bits per heavy atom. The second-order valence-electron chi connectivity index (χ2n) is 6.34. The van der Waals surface area contributed by atoms with Crippen molar-refractivity contribution in [2.75, 3.05) is 39.0 Å². The molecule has 10 heteroatoms. The van der Waals surface area contributed by atoms with Gasteiger partial charge in [0.15, 0.2) is 6.61 Å². The van der Waals surface area contributed by atoms with Crippen LogP contribution in [0.1, 0.15) is 11.6 Å². The lowest BCUT2D eigenvalue weighted by molar-refractivity contribution is -0.144. The van der Waals surface area contributed by atoms with E-state index < -0.39 is 22.0 Å². The average molecular weight is 392 g/mol. The van der Waals surface area contributed by atoms with Crippen LogP contribution in [0.25, 0.3) is 10.9 Å². The highest BCUT2D eigenvalue weighted by atomic mass is 32.2. The summed E-state index contributed by atoms with van der Waals surface area (Å²) >= 11 is 0. The average Bonchev–Trinajstić information content (AvgIpc) is 3.02. The summed E-state index contributed by atoms with van der Waals surface area (Å²) in [6.45, 7) is 1.05. The zero-order valence-corrected chi connectivity index (χ0v) is 15.6. The number of rotatable bonds is 6. The maximum absolute atomic E-state index is 12.0. The molecule has 2 heterocycles. The smallest absolute Gasteiger partial charge is 0.325 e. The van der Waals surface area contributed by atoms with E-state index in [2.05, 4.69) is 4.98 Å². The van der Waals surface area contributed by atoms with E-state index in [9.17, 15) is 18.3 Å². The van der Waals surface area contributed by atoms with E-state index in [4.69, 9.17) is 10.00 Å². The summed E-state index contributed by atoms with van der Waals surface area (Å²) < 4.78 is 30.0. The maximum Gasteiger partial charge on any atom is 0.325 e. The molecule has 0 amide bonds. The molecule has 1 aromatic heterocycles. The Labute approximate surface area is 156 Å². The Morgan fingerprint density at radius 3 is 2.67 bits per heavy atom. The number of nitrogens with one attached hydrogen (secondary N) is 1. The van der Waals surface area contributed by atoms with Gasteiger partial charge in [0.25, 0.3) is 0 Å². The van der Waals surface area contributed by atoms with Gasteiger partial charge in [-0.1, -0.05) is 0 Å². The van der Waals surface area contributed by atoms with Gasteiger partial charge in [0, 0.05) is 48.8 Å². The van der Waals surface area contributed by atoms with Crippen LogP contribution in [-0.4, -0.2) is 72.7 Å². The van der Waals surface area contributed by atoms with Crippen LogP contribution in [0.5, 0.6) is 5.75 Å². The molecule has 2 aromatic rings. The molecule has 2 N–H and O–H groups in total. The summed E-state index contributed by atoms with van der Waals surface area (Å²) in [5.74, 6) is -0.525. The molecular weight excluding hydrogens is 372 g/mol. The van der Waals surface area contributed by atoms with Crippen LogP contribution < -0.4 is 4.74 Å². The minimum atomic E-state index is -3.29. The number of aromatic amines is 1. The first kappa shape index (κ1) is 19.2. The highest BCUT2D eigenvalue weighted by Gasteiger charge is 2.33. The van der Waals surface area contributed by atoms with Crippen LogP contribution in [0.4, 0.5) is 0 Å². The number of carbonyl (C=O) groups is 1. The maximum atomic E-state index is 12.0. The molecule has 0 bridgehead atoms. The number of piperazine rings is 1. The van der Waals surface area contributed by atoms with Gasteiger partial charge >= 0.3 is 5.97 Å². The Kier molecular flexibility index (Phi) is 5.36. The number of benzene rings is 1. The molecule has 0 unspecified atom stereocenters. The van der Waals surface area contributed by atoms with Crippen LogP contribution in [0.15, 0.2) is 24.4 Å². The van der Waals surface area contributed by atoms with E-state index in [0.717, 1.165) is 11.8 Å². The fourth-order valence-corrected chi connectivity index (χ4v) is 4.16. The van der Waals surface area contributed by atoms with Gasteiger partial charge in [-0.25, -0.2) is 8.42 Å². The molecular formula is C17H20N4O5S. The minimum Gasteiger partial charge on any atom is -0.480 e. The van der Waals surface area contributed by atoms with E-state index in [1.807, 2.05) is 6.07 Å². The largest absolute Gasteiger partial charge is 0.480 e. The molecule has 0 spiro atoms. The number of nitriles is 1. The van der Waals surface area contributed by atoms with Crippen molar-refractivity contribution >= 4 is 26.9 Å². The topological polar surface area (TPSA) is 127 Å². The van der Waals surface area contributed by atoms with Gasteiger partial charge in [0.05, 0.1) is 6.26 Å². The third kappa shape index (κ3) is 4.05. The number of aliphatic carboxylic acids is 1. The van der Waals surface area contributed by atoms with Crippen molar-refractivity contribution in [3.8, 4) is 11.8 Å². The summed E-state index contributed by atoms with van der Waals surface area (Å²) in [5.41, 5.74) is 1.34. The predicted molar refractivity (Wildman–Crippen MR) is 97.8 cm³/mol. The van der Waals surface area contributed by atoms with E-state index in [1.54, 1.807) is 29.3 Å². The molecule has 0 saturated carbocycles. The van der Waals surface area contributed by atoms with Crippen molar-refractivity contribution in [1.82, 2.24) is 14.2 Å². The van der Waals surface area contributed by atoms with Gasteiger partial charge in [-0.05, 0) is 18.2 Å². The number of H-pyrrole nitrogens is 1. The molecule has 1 aliphatic heterocycles. The SMILES string of the molecule is CS(=O)(=O)N1CCN([C@H](C(=O)O)c2c[nH]c3ccc(OCC#N)cc23)CC1. The summed E-state index contributed by atoms with van der Waals surface area (Å²) in [5, 5.41) is 19.2. The molecule has 1 fully saturated rings. The van der Waals surface area contributed by atoms with Crippen molar-refractivity contribution in [3.05, 3.63) is 30.0 Å². The molecule has 3 rings (SSSR count). The number of nitrogens with zero attached hydrogens (tertiary/aromatic N) is 3. The highest BCUT2D eigenvalue weighted by molar-refractivity contribution is 7.88. The lowest BCUT2D eigenvalue weighted by Crippen LogP contribution is -2.50. The molecule has 1 atom stereocenters. The van der Waals surface area contributed by atoms with Crippen LogP contribution in [-0.2, 0) is 14.8 Å². The zero-order chi connectivity index (χ0) is 19.6. The van der Waals surface area contributed by atoms with E-state index >= 15 is 0 Å². The predicted octanol–water partition coefficient (Wildman–Crippen LogP) is 0.773. The lowest BCUT2D eigenvalue weighted by Gasteiger charge is -2.36. The third-order valence-electron chi connectivity index (χ3n) is 4.62. The van der Waals surface area contributed by atoms with Crippen molar-refractivity contribution < 1.29 is 23.1 Å². The monoisotopic (exact) mass is 392 g/mol. The highest BCUT2D eigenvalue weighted by Crippen LogP contribution is 2.32. The number of ether oxygens (including phenoxy) is 1. The molecule has 144 valence electrons. The summed E-state index contributed by atoms with van der Waals surface area (Å²) in [6.07, 6.45) is 2.81. The van der Waals surface area contributed by atoms with Crippen LogP contribution in [0.3, 0.4) is 0 Å². The fraction of sp³-hybridized carbons (Fsp3) is 0.412. The summed E-state index contributed by atoms with van der Waals surface area (Å²) in [7, 11) is -3.29.